The number of urea groups is 1. The number of nitrogens with one attached hydrogen (secondary N) is 3. The van der Waals surface area contributed by atoms with Gasteiger partial charge in [0, 0.05) is 37.0 Å². The number of amides is 3. The Labute approximate surface area is 187 Å². The van der Waals surface area contributed by atoms with Crippen LogP contribution in [0.3, 0.4) is 0 Å². The Kier molecular flexibility index (Phi) is 7.35. The van der Waals surface area contributed by atoms with Gasteiger partial charge in [-0.15, -0.1) is 35.3 Å². The van der Waals surface area contributed by atoms with Crippen molar-refractivity contribution in [1.82, 2.24) is 20.9 Å². The molecule has 3 amide bonds. The molecule has 0 aliphatic carbocycles. The summed E-state index contributed by atoms with van der Waals surface area (Å²) in [6, 6.07) is 3.86. The topological polar surface area (TPSA) is 85.8 Å². The quantitative estimate of drug-likeness (QED) is 0.247. The zero-order valence-electron chi connectivity index (χ0n) is 16.9. The number of halogens is 1. The molecule has 156 valence electrons. The summed E-state index contributed by atoms with van der Waals surface area (Å²) in [6.45, 7) is 8.70. The van der Waals surface area contributed by atoms with Crippen molar-refractivity contribution in [2.75, 3.05) is 26.7 Å². The lowest BCUT2D eigenvalue weighted by atomic mass is 9.79. The van der Waals surface area contributed by atoms with E-state index in [0.29, 0.717) is 0 Å². The van der Waals surface area contributed by atoms with Gasteiger partial charge < -0.3 is 15.5 Å². The van der Waals surface area contributed by atoms with E-state index >= 15 is 0 Å². The normalized spacial score (nSPS) is 23.9. The number of rotatable bonds is 4. The summed E-state index contributed by atoms with van der Waals surface area (Å²) in [5.41, 5.74) is -0.774. The van der Waals surface area contributed by atoms with E-state index in [4.69, 9.17) is 0 Å². The highest BCUT2D eigenvalue weighted by Crippen LogP contribution is 2.31. The summed E-state index contributed by atoms with van der Waals surface area (Å²) in [4.78, 5) is 31.7. The van der Waals surface area contributed by atoms with Crippen LogP contribution in [0.5, 0.6) is 0 Å². The van der Waals surface area contributed by atoms with Crippen molar-refractivity contribution >= 4 is 53.2 Å². The number of thiophene rings is 1. The molecule has 2 fully saturated rings. The van der Waals surface area contributed by atoms with Crippen LogP contribution >= 0.6 is 35.3 Å². The van der Waals surface area contributed by atoms with Gasteiger partial charge in [0.1, 0.15) is 5.54 Å². The first-order valence-corrected chi connectivity index (χ1v) is 10.3. The Bertz CT molecular complexity index is 729. The Morgan fingerprint density at radius 1 is 1.39 bits per heavy atom. The number of guanidine groups is 1. The van der Waals surface area contributed by atoms with Crippen LogP contribution < -0.4 is 16.0 Å². The fraction of sp³-hybridized carbons (Fsp3) is 0.632. The average molecular weight is 519 g/mol. The molecule has 2 aliphatic rings. The minimum atomic E-state index is -0.804. The van der Waals surface area contributed by atoms with Crippen LogP contribution in [-0.2, 0) is 10.2 Å². The summed E-state index contributed by atoms with van der Waals surface area (Å²) in [6.07, 6.45) is 1.67. The zero-order chi connectivity index (χ0) is 19.7. The fourth-order valence-corrected chi connectivity index (χ4v) is 4.75. The molecule has 28 heavy (non-hydrogen) atoms. The molecule has 9 heteroatoms. The summed E-state index contributed by atoms with van der Waals surface area (Å²) in [5, 5.41) is 10.8. The van der Waals surface area contributed by atoms with Crippen LogP contribution in [0, 0.1) is 5.92 Å². The molecular weight excluding hydrogens is 489 g/mol. The molecule has 0 radical (unpaired) electrons. The molecule has 7 nitrogen and oxygen atoms in total. The van der Waals surface area contributed by atoms with Gasteiger partial charge in [-0.25, -0.2) is 4.79 Å². The van der Waals surface area contributed by atoms with E-state index in [-0.39, 0.29) is 41.2 Å². The number of nitrogens with zero attached hydrogens (tertiary/aromatic N) is 2. The summed E-state index contributed by atoms with van der Waals surface area (Å²) < 4.78 is 0. The number of hydrogen-bond acceptors (Lipinski definition) is 4. The smallest absolute Gasteiger partial charge is 0.322 e. The van der Waals surface area contributed by atoms with Crippen LogP contribution in [0.1, 0.15) is 38.5 Å². The highest BCUT2D eigenvalue weighted by molar-refractivity contribution is 14.0. The first-order valence-electron chi connectivity index (χ1n) is 9.39. The van der Waals surface area contributed by atoms with Crippen LogP contribution in [0.2, 0.25) is 0 Å². The molecule has 2 aliphatic heterocycles. The van der Waals surface area contributed by atoms with Crippen LogP contribution in [0.25, 0.3) is 0 Å². The van der Waals surface area contributed by atoms with Crippen LogP contribution in [0.15, 0.2) is 22.5 Å². The van der Waals surface area contributed by atoms with Gasteiger partial charge in [-0.1, -0.05) is 19.9 Å². The van der Waals surface area contributed by atoms with Gasteiger partial charge >= 0.3 is 6.03 Å². The third-order valence-electron chi connectivity index (χ3n) is 5.77. The van der Waals surface area contributed by atoms with Crippen molar-refractivity contribution < 1.29 is 9.59 Å². The third-order valence-corrected chi connectivity index (χ3v) is 7.01. The van der Waals surface area contributed by atoms with E-state index < -0.39 is 11.6 Å². The Hall–Kier alpha value is -1.36. The van der Waals surface area contributed by atoms with Crippen LogP contribution in [-0.4, -0.2) is 55.0 Å². The second-order valence-corrected chi connectivity index (χ2v) is 9.08. The van der Waals surface area contributed by atoms with E-state index in [1.54, 1.807) is 18.4 Å². The summed E-state index contributed by atoms with van der Waals surface area (Å²) in [5.74, 6) is 0.801. The minimum Gasteiger partial charge on any atom is -0.355 e. The van der Waals surface area contributed by atoms with E-state index in [1.165, 1.54) is 4.88 Å². The van der Waals surface area contributed by atoms with Gasteiger partial charge in [-0.2, -0.15) is 0 Å². The molecule has 3 N–H and O–H groups in total. The van der Waals surface area contributed by atoms with Gasteiger partial charge in [-0.05, 0) is 37.1 Å². The number of aliphatic imine (C=N–C) groups is 1. The Morgan fingerprint density at radius 2 is 2.07 bits per heavy atom. The highest BCUT2D eigenvalue weighted by Gasteiger charge is 2.48. The first-order chi connectivity index (χ1) is 12.8. The highest BCUT2D eigenvalue weighted by atomic mass is 127. The largest absolute Gasteiger partial charge is 0.355 e. The monoisotopic (exact) mass is 519 g/mol. The molecule has 0 saturated carbocycles. The van der Waals surface area contributed by atoms with Gasteiger partial charge in [0.2, 0.25) is 0 Å². The lowest BCUT2D eigenvalue weighted by molar-refractivity contribution is -0.125. The van der Waals surface area contributed by atoms with Crippen molar-refractivity contribution in [2.24, 2.45) is 10.9 Å². The first kappa shape index (κ1) is 22.9. The van der Waals surface area contributed by atoms with E-state index in [9.17, 15) is 9.59 Å². The second kappa shape index (κ2) is 8.98. The molecule has 0 aromatic carbocycles. The molecule has 1 aromatic heterocycles. The number of piperidine rings is 1. The van der Waals surface area contributed by atoms with E-state index in [1.807, 2.05) is 6.92 Å². The van der Waals surface area contributed by atoms with Crippen molar-refractivity contribution in [3.63, 3.8) is 0 Å². The SMILES string of the molecule is CN=C(NCC(C)(C)c1cccs1)N1CCC(C2(C)NC(=O)NC2=O)CC1.I. The maximum Gasteiger partial charge on any atom is 0.322 e. The number of imide groups is 1. The summed E-state index contributed by atoms with van der Waals surface area (Å²) >= 11 is 1.77. The number of likely N-dealkylation sites (tertiary alicyclic amines) is 1. The molecule has 1 aromatic rings. The van der Waals surface area contributed by atoms with E-state index in [2.05, 4.69) is 57.2 Å². The minimum absolute atomic E-state index is 0. The summed E-state index contributed by atoms with van der Waals surface area (Å²) in [7, 11) is 1.80. The van der Waals surface area contributed by atoms with Gasteiger partial charge in [0.15, 0.2) is 5.96 Å². The van der Waals surface area contributed by atoms with E-state index in [0.717, 1.165) is 38.4 Å². The van der Waals surface area contributed by atoms with Gasteiger partial charge in [0.05, 0.1) is 0 Å². The molecular formula is C19H30IN5O2S. The van der Waals surface area contributed by atoms with Gasteiger partial charge in [0.25, 0.3) is 5.91 Å². The fourth-order valence-electron chi connectivity index (χ4n) is 3.90. The molecule has 1 unspecified atom stereocenters. The zero-order valence-corrected chi connectivity index (χ0v) is 20.0. The predicted octanol–water partition coefficient (Wildman–Crippen LogP) is 2.53. The molecule has 3 rings (SSSR count). The van der Waals surface area contributed by atoms with Crippen LogP contribution in [0.4, 0.5) is 4.79 Å². The number of carbonyl (C=O) groups excluding carboxylic acids is 2. The molecule has 1 atom stereocenters. The lowest BCUT2D eigenvalue weighted by Crippen LogP contribution is -2.56. The molecule has 3 heterocycles. The van der Waals surface area contributed by atoms with Gasteiger partial charge in [-0.3, -0.25) is 15.1 Å². The lowest BCUT2D eigenvalue weighted by Gasteiger charge is -2.40. The van der Waals surface area contributed by atoms with Crippen molar-refractivity contribution in [3.05, 3.63) is 22.4 Å². The third kappa shape index (κ3) is 4.61. The number of carbonyl (C=O) groups is 2. The molecule has 0 spiro atoms. The average Bonchev–Trinajstić information content (AvgIpc) is 3.25. The standard InChI is InChI=1S/C19H29N5O2S.HI/c1-18(2,14-6-5-11-27-14)12-21-16(20-4)24-9-7-13(8-10-24)19(3)15(25)22-17(26)23-19;/h5-6,11,13H,7-10,12H2,1-4H3,(H,20,21)(H2,22,23,25,26);1H. The predicted molar refractivity (Wildman–Crippen MR) is 123 cm³/mol. The Morgan fingerprint density at radius 3 is 2.57 bits per heavy atom. The number of hydrogen-bond donors (Lipinski definition) is 3. The van der Waals surface area contributed by atoms with Crippen molar-refractivity contribution in [3.8, 4) is 0 Å². The maximum absolute atomic E-state index is 12.2. The van der Waals surface area contributed by atoms with Crippen molar-refractivity contribution in [1.29, 1.82) is 0 Å². The second-order valence-electron chi connectivity index (χ2n) is 8.13. The molecule has 2 saturated heterocycles. The molecule has 0 bridgehead atoms. The Balaban J connectivity index is 0.00000280. The maximum atomic E-state index is 12.2. The van der Waals surface area contributed by atoms with Crippen molar-refractivity contribution in [2.45, 2.75) is 44.6 Å².